The van der Waals surface area contributed by atoms with Gasteiger partial charge in [-0.2, -0.15) is 4.68 Å². The molecule has 7 heteroatoms. The molecule has 2 aromatic carbocycles. The number of ether oxygens (including phenoxy) is 1. The van der Waals surface area contributed by atoms with Crippen molar-refractivity contribution < 1.29 is 9.13 Å². The largest absolute Gasteiger partial charge is 0.497 e. The van der Waals surface area contributed by atoms with E-state index in [1.54, 1.807) is 17.9 Å². The fourth-order valence-electron chi connectivity index (χ4n) is 2.74. The van der Waals surface area contributed by atoms with Crippen molar-refractivity contribution in [1.29, 1.82) is 0 Å². The molecule has 1 atom stereocenters. The Labute approximate surface area is 137 Å². The van der Waals surface area contributed by atoms with Crippen molar-refractivity contribution in [2.75, 3.05) is 12.4 Å². The van der Waals surface area contributed by atoms with Gasteiger partial charge in [-0.15, -0.1) is 0 Å². The molecule has 0 bridgehead atoms. The lowest BCUT2D eigenvalue weighted by Crippen LogP contribution is -2.20. The number of hydrogen-bond donors (Lipinski definition) is 1. The maximum atomic E-state index is 13.6. The molecule has 1 aliphatic rings. The van der Waals surface area contributed by atoms with Gasteiger partial charge in [0.15, 0.2) is 0 Å². The molecule has 0 fully saturated rings. The van der Waals surface area contributed by atoms with Gasteiger partial charge in [0, 0.05) is 11.3 Å². The number of fused-ring (bicyclic) bond motifs is 1. The monoisotopic (exact) mass is 323 g/mol. The maximum absolute atomic E-state index is 13.6. The van der Waals surface area contributed by atoms with Crippen molar-refractivity contribution in [3.05, 3.63) is 71.6 Å². The first kappa shape index (κ1) is 14.4. The predicted octanol–water partition coefficient (Wildman–Crippen LogP) is 2.88. The highest BCUT2D eigenvalue weighted by Crippen LogP contribution is 2.32. The van der Waals surface area contributed by atoms with E-state index in [-0.39, 0.29) is 11.9 Å². The molecule has 1 aromatic heterocycles. The van der Waals surface area contributed by atoms with E-state index in [0.29, 0.717) is 5.95 Å². The van der Waals surface area contributed by atoms with E-state index in [1.165, 1.54) is 12.1 Å². The van der Waals surface area contributed by atoms with E-state index >= 15 is 0 Å². The van der Waals surface area contributed by atoms with E-state index in [4.69, 9.17) is 4.74 Å². The van der Waals surface area contributed by atoms with Gasteiger partial charge >= 0.3 is 0 Å². The van der Waals surface area contributed by atoms with Crippen molar-refractivity contribution in [1.82, 2.24) is 20.2 Å². The van der Waals surface area contributed by atoms with Crippen molar-refractivity contribution in [2.45, 2.75) is 6.04 Å². The molecule has 3 aromatic rings. The van der Waals surface area contributed by atoms with Crippen LogP contribution in [0.1, 0.15) is 17.2 Å². The van der Waals surface area contributed by atoms with Crippen LogP contribution in [0.15, 0.2) is 54.6 Å². The molecule has 6 nitrogen and oxygen atoms in total. The molecular weight excluding hydrogens is 309 g/mol. The van der Waals surface area contributed by atoms with Crippen molar-refractivity contribution in [3.8, 4) is 5.75 Å². The smallest absolute Gasteiger partial charge is 0.248 e. The Morgan fingerprint density at radius 3 is 2.88 bits per heavy atom. The second kappa shape index (κ2) is 5.77. The lowest BCUT2D eigenvalue weighted by atomic mass is 10.0. The summed E-state index contributed by atoms with van der Waals surface area (Å²) in [6, 6.07) is 13.8. The summed E-state index contributed by atoms with van der Waals surface area (Å²) >= 11 is 0. The first-order valence-electron chi connectivity index (χ1n) is 7.41. The Morgan fingerprint density at radius 1 is 1.17 bits per heavy atom. The summed E-state index contributed by atoms with van der Waals surface area (Å²) in [4.78, 5) is 0. The van der Waals surface area contributed by atoms with Gasteiger partial charge in [0.05, 0.1) is 7.11 Å². The van der Waals surface area contributed by atoms with Gasteiger partial charge < -0.3 is 10.1 Å². The number of hydrogen-bond acceptors (Lipinski definition) is 5. The summed E-state index contributed by atoms with van der Waals surface area (Å²) in [7, 11) is 1.62. The van der Waals surface area contributed by atoms with Crippen LogP contribution in [-0.4, -0.2) is 27.3 Å². The minimum atomic E-state index is -0.298. The molecule has 0 saturated carbocycles. The van der Waals surface area contributed by atoms with Gasteiger partial charge in [0.1, 0.15) is 17.6 Å². The standard InChI is InChI=1S/C17H14FN5O/c1-24-14-7-3-4-11(9-14)15-10-16(12-5-2-6-13(18)8-12)23-17(19-15)20-21-22-23/h2-10,16H,1H3,(H,19,20,22)/t16-/m1/s1. The Kier molecular flexibility index (Phi) is 3.45. The Bertz CT molecular complexity index is 921. The highest BCUT2D eigenvalue weighted by molar-refractivity contribution is 5.77. The molecule has 0 aliphatic carbocycles. The number of aromatic nitrogens is 4. The number of allylic oxidation sites excluding steroid dienone is 1. The molecule has 0 saturated heterocycles. The van der Waals surface area contributed by atoms with Crippen LogP contribution in [0.5, 0.6) is 5.75 Å². The summed E-state index contributed by atoms with van der Waals surface area (Å²) in [6.45, 7) is 0. The Morgan fingerprint density at radius 2 is 2.04 bits per heavy atom. The summed E-state index contributed by atoms with van der Waals surface area (Å²) in [5.74, 6) is 0.962. The first-order valence-corrected chi connectivity index (χ1v) is 7.41. The maximum Gasteiger partial charge on any atom is 0.248 e. The summed E-state index contributed by atoms with van der Waals surface area (Å²) < 4.78 is 20.5. The van der Waals surface area contributed by atoms with Gasteiger partial charge in [-0.3, -0.25) is 0 Å². The molecule has 0 unspecified atom stereocenters. The third-order valence-corrected chi connectivity index (χ3v) is 3.90. The minimum absolute atomic E-state index is 0.294. The number of nitrogens with zero attached hydrogens (tertiary/aromatic N) is 4. The third kappa shape index (κ3) is 2.50. The van der Waals surface area contributed by atoms with Crippen LogP contribution in [0.3, 0.4) is 0 Å². The molecule has 1 N–H and O–H groups in total. The molecule has 24 heavy (non-hydrogen) atoms. The van der Waals surface area contributed by atoms with Crippen molar-refractivity contribution >= 4 is 11.6 Å². The van der Waals surface area contributed by atoms with Crippen LogP contribution < -0.4 is 10.1 Å². The normalized spacial score (nSPS) is 16.1. The van der Waals surface area contributed by atoms with Crippen LogP contribution in [0.25, 0.3) is 5.70 Å². The Balaban J connectivity index is 1.81. The average Bonchev–Trinajstić information content (AvgIpc) is 3.09. The van der Waals surface area contributed by atoms with Gasteiger partial charge in [-0.25, -0.2) is 4.39 Å². The molecular formula is C17H14FN5O. The SMILES string of the molecule is COc1cccc(C2=C[C@H](c3cccc(F)c3)n3nnnc3N2)c1. The zero-order valence-corrected chi connectivity index (χ0v) is 12.8. The zero-order chi connectivity index (χ0) is 16.5. The van der Waals surface area contributed by atoms with Crippen LogP contribution in [0.2, 0.25) is 0 Å². The highest BCUT2D eigenvalue weighted by Gasteiger charge is 2.24. The summed E-state index contributed by atoms with van der Waals surface area (Å²) in [5, 5.41) is 14.9. The van der Waals surface area contributed by atoms with Crippen LogP contribution >= 0.6 is 0 Å². The Hall–Kier alpha value is -3.22. The number of nitrogens with one attached hydrogen (secondary N) is 1. The van der Waals surface area contributed by atoms with Crippen LogP contribution in [0.4, 0.5) is 10.3 Å². The van der Waals surface area contributed by atoms with E-state index in [0.717, 1.165) is 22.6 Å². The molecule has 0 spiro atoms. The number of methoxy groups -OCH3 is 1. The lowest BCUT2D eigenvalue weighted by molar-refractivity contribution is 0.414. The number of rotatable bonds is 3. The lowest BCUT2D eigenvalue weighted by Gasteiger charge is -2.23. The fourth-order valence-corrected chi connectivity index (χ4v) is 2.74. The fraction of sp³-hybridized carbons (Fsp3) is 0.118. The minimum Gasteiger partial charge on any atom is -0.497 e. The van der Waals surface area contributed by atoms with Gasteiger partial charge in [0.25, 0.3) is 0 Å². The number of anilines is 1. The summed E-state index contributed by atoms with van der Waals surface area (Å²) in [5.41, 5.74) is 2.54. The second-order valence-electron chi connectivity index (χ2n) is 5.38. The number of benzene rings is 2. The topological polar surface area (TPSA) is 64.9 Å². The molecule has 1 aliphatic heterocycles. The molecule has 120 valence electrons. The molecule has 4 rings (SSSR count). The van der Waals surface area contributed by atoms with E-state index < -0.39 is 0 Å². The third-order valence-electron chi connectivity index (χ3n) is 3.90. The molecule has 0 amide bonds. The van der Waals surface area contributed by atoms with Gasteiger partial charge in [-0.1, -0.05) is 29.4 Å². The molecule has 0 radical (unpaired) electrons. The van der Waals surface area contributed by atoms with Crippen molar-refractivity contribution in [2.24, 2.45) is 0 Å². The van der Waals surface area contributed by atoms with Gasteiger partial charge in [-0.05, 0) is 46.3 Å². The van der Waals surface area contributed by atoms with E-state index in [2.05, 4.69) is 20.8 Å². The predicted molar refractivity (Wildman–Crippen MR) is 86.9 cm³/mol. The quantitative estimate of drug-likeness (QED) is 0.803. The van der Waals surface area contributed by atoms with Crippen LogP contribution in [-0.2, 0) is 0 Å². The first-order chi connectivity index (χ1) is 11.7. The summed E-state index contributed by atoms with van der Waals surface area (Å²) in [6.07, 6.45) is 1.97. The zero-order valence-electron chi connectivity index (χ0n) is 12.8. The second-order valence-corrected chi connectivity index (χ2v) is 5.38. The average molecular weight is 323 g/mol. The van der Waals surface area contributed by atoms with E-state index in [9.17, 15) is 4.39 Å². The van der Waals surface area contributed by atoms with Crippen LogP contribution in [0, 0.1) is 5.82 Å². The number of halogens is 1. The molecule has 2 heterocycles. The highest BCUT2D eigenvalue weighted by atomic mass is 19.1. The number of tetrazole rings is 1. The van der Waals surface area contributed by atoms with Crippen molar-refractivity contribution in [3.63, 3.8) is 0 Å². The van der Waals surface area contributed by atoms with E-state index in [1.807, 2.05) is 36.4 Å². The van der Waals surface area contributed by atoms with Gasteiger partial charge in [0.2, 0.25) is 5.95 Å².